The van der Waals surface area contributed by atoms with Crippen molar-refractivity contribution in [2.45, 2.75) is 25.9 Å². The van der Waals surface area contributed by atoms with Crippen molar-refractivity contribution in [2.75, 3.05) is 30.9 Å². The number of rotatable bonds is 10. The van der Waals surface area contributed by atoms with Gasteiger partial charge in [0, 0.05) is 25.6 Å². The third-order valence-corrected chi connectivity index (χ3v) is 5.87. The molecule has 36 heavy (non-hydrogen) atoms. The number of carbonyl (C=O) groups excluding carboxylic acids is 2. The van der Waals surface area contributed by atoms with Crippen LogP contribution >= 0.6 is 11.6 Å². The first-order chi connectivity index (χ1) is 17.2. The summed E-state index contributed by atoms with van der Waals surface area (Å²) in [6.45, 7) is 1.51. The van der Waals surface area contributed by atoms with Gasteiger partial charge in [-0.1, -0.05) is 60.1 Å². The summed E-state index contributed by atoms with van der Waals surface area (Å²) in [5.74, 6) is -1.04. The molecule has 1 atom stereocenters. The van der Waals surface area contributed by atoms with Gasteiger partial charge in [-0.2, -0.15) is 0 Å². The molecule has 10 nitrogen and oxygen atoms in total. The maximum absolute atomic E-state index is 13.6. The summed E-state index contributed by atoms with van der Waals surface area (Å²) in [6, 6.07) is 15.2. The second-order valence-corrected chi connectivity index (χ2v) is 8.49. The first-order valence-electron chi connectivity index (χ1n) is 11.2. The quantitative estimate of drug-likeness (QED) is 0.379. The molecule has 0 aliphatic heterocycles. The lowest BCUT2D eigenvalue weighted by molar-refractivity contribution is -0.121. The normalized spacial score (nSPS) is 11.6. The standard InChI is InChI=1S/C25H28ClN5O5/c1-16(32)28-20(18-10-6-7-11-19(18)26)14-21(33)30(12-13-36-2)22-23(27)31(25(35)29-24(22)34)15-17-8-4-3-5-9-17/h3-11,20H,12-15,27H2,1-2H3,(H,28,32)(H,29,34,35)/t20-/m0/s1. The lowest BCUT2D eigenvalue weighted by atomic mass is 10.0. The van der Waals surface area contributed by atoms with E-state index in [1.54, 1.807) is 24.3 Å². The van der Waals surface area contributed by atoms with E-state index in [1.165, 1.54) is 23.5 Å². The number of H-pyrrole nitrogens is 1. The molecule has 0 aliphatic rings. The highest BCUT2D eigenvalue weighted by Crippen LogP contribution is 2.27. The molecule has 1 aromatic heterocycles. The number of halogens is 1. The van der Waals surface area contributed by atoms with E-state index < -0.39 is 23.2 Å². The van der Waals surface area contributed by atoms with E-state index in [1.807, 2.05) is 30.3 Å². The van der Waals surface area contributed by atoms with Gasteiger partial charge in [-0.25, -0.2) is 4.79 Å². The number of nitrogens with zero attached hydrogens (tertiary/aromatic N) is 2. The highest BCUT2D eigenvalue weighted by molar-refractivity contribution is 6.31. The molecule has 190 valence electrons. The van der Waals surface area contributed by atoms with E-state index >= 15 is 0 Å². The van der Waals surface area contributed by atoms with Crippen LogP contribution < -0.4 is 27.2 Å². The lowest BCUT2D eigenvalue weighted by Crippen LogP contribution is -2.44. The van der Waals surface area contributed by atoms with Gasteiger partial charge in [-0.15, -0.1) is 0 Å². The molecule has 11 heteroatoms. The molecule has 0 unspecified atom stereocenters. The molecular formula is C25H28ClN5O5. The molecule has 2 aromatic carbocycles. The predicted octanol–water partition coefficient (Wildman–Crippen LogP) is 2.07. The highest BCUT2D eigenvalue weighted by atomic mass is 35.5. The van der Waals surface area contributed by atoms with Crippen molar-refractivity contribution in [2.24, 2.45) is 0 Å². The molecule has 2 amide bonds. The third kappa shape index (κ3) is 6.41. The topological polar surface area (TPSA) is 140 Å². The van der Waals surface area contributed by atoms with Gasteiger partial charge in [-0.05, 0) is 17.2 Å². The van der Waals surface area contributed by atoms with Crippen LogP contribution in [0.15, 0.2) is 64.2 Å². The van der Waals surface area contributed by atoms with Crippen LogP contribution in [0.25, 0.3) is 0 Å². The fraction of sp³-hybridized carbons (Fsp3) is 0.280. The van der Waals surface area contributed by atoms with Gasteiger partial charge in [0.05, 0.1) is 25.6 Å². The number of benzene rings is 2. The van der Waals surface area contributed by atoms with Gasteiger partial charge in [0.2, 0.25) is 11.8 Å². The molecular weight excluding hydrogens is 486 g/mol. The van der Waals surface area contributed by atoms with Crippen molar-refractivity contribution in [1.29, 1.82) is 0 Å². The number of amides is 2. The molecule has 0 saturated heterocycles. The van der Waals surface area contributed by atoms with Gasteiger partial charge in [-0.3, -0.25) is 23.9 Å². The van der Waals surface area contributed by atoms with Gasteiger partial charge in [0.25, 0.3) is 5.56 Å². The zero-order valence-electron chi connectivity index (χ0n) is 20.0. The number of carbonyl (C=O) groups is 2. The molecule has 0 bridgehead atoms. The van der Waals surface area contributed by atoms with Crippen molar-refractivity contribution in [3.63, 3.8) is 0 Å². The smallest absolute Gasteiger partial charge is 0.330 e. The maximum Gasteiger partial charge on any atom is 0.330 e. The molecule has 1 heterocycles. The van der Waals surface area contributed by atoms with Crippen LogP contribution in [-0.2, 0) is 20.9 Å². The maximum atomic E-state index is 13.6. The average Bonchev–Trinajstić information content (AvgIpc) is 2.84. The van der Waals surface area contributed by atoms with Crippen LogP contribution in [0.2, 0.25) is 5.02 Å². The zero-order valence-corrected chi connectivity index (χ0v) is 20.7. The Morgan fingerprint density at radius 1 is 1.14 bits per heavy atom. The largest absolute Gasteiger partial charge is 0.383 e. The predicted molar refractivity (Wildman–Crippen MR) is 138 cm³/mol. The van der Waals surface area contributed by atoms with Crippen molar-refractivity contribution in [1.82, 2.24) is 14.9 Å². The number of ether oxygens (including phenoxy) is 1. The zero-order chi connectivity index (χ0) is 26.2. The van der Waals surface area contributed by atoms with Crippen molar-refractivity contribution < 1.29 is 14.3 Å². The number of hydrogen-bond donors (Lipinski definition) is 3. The van der Waals surface area contributed by atoms with Crippen molar-refractivity contribution in [3.05, 3.63) is 91.6 Å². The SMILES string of the molecule is COCCN(C(=O)C[C@H](NC(C)=O)c1ccccc1Cl)c1c(N)n(Cc2ccccc2)c(=O)[nH]c1=O. The van der Waals surface area contributed by atoms with Crippen LogP contribution in [0.3, 0.4) is 0 Å². The summed E-state index contributed by atoms with van der Waals surface area (Å²) in [6.07, 6.45) is -0.219. The van der Waals surface area contributed by atoms with Crippen molar-refractivity contribution >= 4 is 34.9 Å². The minimum absolute atomic E-state index is 0.0124. The Labute approximate surface area is 212 Å². The van der Waals surface area contributed by atoms with E-state index in [0.717, 1.165) is 5.56 Å². The Kier molecular flexibility index (Phi) is 9.04. The second kappa shape index (κ2) is 12.2. The number of aromatic nitrogens is 2. The Hall–Kier alpha value is -3.89. The van der Waals surface area contributed by atoms with Crippen molar-refractivity contribution in [3.8, 4) is 0 Å². The van der Waals surface area contributed by atoms with E-state index in [9.17, 15) is 19.2 Å². The van der Waals surface area contributed by atoms with Crippen LogP contribution in [0, 0.1) is 0 Å². The number of nitrogen functional groups attached to an aromatic ring is 1. The van der Waals surface area contributed by atoms with E-state index in [4.69, 9.17) is 22.1 Å². The molecule has 0 aliphatic carbocycles. The van der Waals surface area contributed by atoms with Gasteiger partial charge < -0.3 is 20.7 Å². The third-order valence-electron chi connectivity index (χ3n) is 5.52. The van der Waals surface area contributed by atoms with Crippen LogP contribution in [-0.4, -0.2) is 41.6 Å². The number of hydrogen-bond acceptors (Lipinski definition) is 6. The number of nitrogens with two attached hydrogens (primary N) is 1. The molecule has 0 spiro atoms. The Bertz CT molecular complexity index is 1340. The van der Waals surface area contributed by atoms with Crippen LogP contribution in [0.5, 0.6) is 0 Å². The first-order valence-corrected chi connectivity index (χ1v) is 11.6. The van der Waals surface area contributed by atoms with E-state index in [-0.39, 0.29) is 43.5 Å². The summed E-state index contributed by atoms with van der Waals surface area (Å²) in [7, 11) is 1.45. The molecule has 0 fully saturated rings. The van der Waals surface area contributed by atoms with Gasteiger partial charge in [0.1, 0.15) is 5.82 Å². The van der Waals surface area contributed by atoms with E-state index in [2.05, 4.69) is 10.3 Å². The fourth-order valence-corrected chi connectivity index (χ4v) is 4.10. The molecule has 4 N–H and O–H groups in total. The number of aromatic amines is 1. The number of methoxy groups -OCH3 is 1. The first kappa shape index (κ1) is 26.7. The second-order valence-electron chi connectivity index (χ2n) is 8.08. The monoisotopic (exact) mass is 513 g/mol. The summed E-state index contributed by atoms with van der Waals surface area (Å²) in [4.78, 5) is 54.3. The number of anilines is 2. The Morgan fingerprint density at radius 3 is 2.44 bits per heavy atom. The lowest BCUT2D eigenvalue weighted by Gasteiger charge is -2.27. The summed E-state index contributed by atoms with van der Waals surface area (Å²) >= 11 is 6.32. The highest BCUT2D eigenvalue weighted by Gasteiger charge is 2.28. The summed E-state index contributed by atoms with van der Waals surface area (Å²) in [5.41, 5.74) is 5.96. The number of nitrogens with one attached hydrogen (secondary N) is 2. The van der Waals surface area contributed by atoms with Crippen LogP contribution in [0.1, 0.15) is 30.5 Å². The minimum Gasteiger partial charge on any atom is -0.383 e. The Morgan fingerprint density at radius 2 is 1.81 bits per heavy atom. The van der Waals surface area contributed by atoms with Crippen LogP contribution in [0.4, 0.5) is 11.5 Å². The summed E-state index contributed by atoms with van der Waals surface area (Å²) < 4.78 is 6.33. The van der Waals surface area contributed by atoms with Gasteiger partial charge in [0.15, 0.2) is 5.69 Å². The Balaban J connectivity index is 2.03. The molecule has 3 aromatic rings. The molecule has 0 radical (unpaired) electrons. The average molecular weight is 514 g/mol. The minimum atomic E-state index is -0.805. The summed E-state index contributed by atoms with van der Waals surface area (Å²) in [5, 5.41) is 3.11. The fourth-order valence-electron chi connectivity index (χ4n) is 3.83. The van der Waals surface area contributed by atoms with Gasteiger partial charge >= 0.3 is 5.69 Å². The molecule has 3 rings (SSSR count). The van der Waals surface area contributed by atoms with E-state index in [0.29, 0.717) is 10.6 Å². The molecule has 0 saturated carbocycles.